The van der Waals surface area contributed by atoms with Crippen LogP contribution in [-0.4, -0.2) is 21.6 Å². The lowest BCUT2D eigenvalue weighted by atomic mass is 10.1. The van der Waals surface area contributed by atoms with E-state index in [0.29, 0.717) is 13.0 Å². The van der Waals surface area contributed by atoms with E-state index < -0.39 is 0 Å². The molecular weight excluding hydrogens is 458 g/mol. The van der Waals surface area contributed by atoms with Gasteiger partial charge in [0.1, 0.15) is 0 Å². The molecule has 0 atom stereocenters. The van der Waals surface area contributed by atoms with Crippen molar-refractivity contribution in [2.45, 2.75) is 38.1 Å². The third kappa shape index (κ3) is 5.49. The summed E-state index contributed by atoms with van der Waals surface area (Å²) >= 11 is 9.29. The molecule has 0 aliphatic heterocycles. The van der Waals surface area contributed by atoms with Crippen molar-refractivity contribution in [2.75, 3.05) is 10.7 Å². The van der Waals surface area contributed by atoms with Crippen LogP contribution in [0.5, 0.6) is 0 Å². The van der Waals surface area contributed by atoms with Crippen molar-refractivity contribution < 1.29 is 4.79 Å². The van der Waals surface area contributed by atoms with E-state index in [1.807, 2.05) is 41.3 Å². The highest BCUT2D eigenvalue weighted by molar-refractivity contribution is 7.99. The van der Waals surface area contributed by atoms with Gasteiger partial charge in [0.15, 0.2) is 5.13 Å². The fourth-order valence-electron chi connectivity index (χ4n) is 3.38. The third-order valence-corrected chi connectivity index (χ3v) is 7.73. The summed E-state index contributed by atoms with van der Waals surface area (Å²) in [6, 6.07) is 15.9. The molecule has 0 spiro atoms. The van der Waals surface area contributed by atoms with Gasteiger partial charge >= 0.3 is 0 Å². The van der Waals surface area contributed by atoms with E-state index in [2.05, 4.69) is 31.0 Å². The lowest BCUT2D eigenvalue weighted by molar-refractivity contribution is -0.118. The number of carbonyl (C=O) groups is 1. The minimum Gasteiger partial charge on any atom is -0.284 e. The van der Waals surface area contributed by atoms with Gasteiger partial charge < -0.3 is 0 Å². The Bertz CT molecular complexity index is 1170. The molecule has 0 bridgehead atoms. The minimum absolute atomic E-state index is 0.0906. The molecule has 0 fully saturated rings. The first-order valence-electron chi connectivity index (χ1n) is 10.5. The number of pyridine rings is 1. The number of carbonyl (C=O) groups excluding carboxylic acids is 1. The molecule has 4 nitrogen and oxygen atoms in total. The molecule has 1 amide bonds. The number of hydrogen-bond donors (Lipinski definition) is 0. The molecule has 0 aliphatic carbocycles. The molecule has 2 aromatic heterocycles. The predicted molar refractivity (Wildman–Crippen MR) is 136 cm³/mol. The number of rotatable bonds is 8. The lowest BCUT2D eigenvalue weighted by Gasteiger charge is -2.20. The monoisotopic (exact) mass is 481 g/mol. The van der Waals surface area contributed by atoms with Gasteiger partial charge in [-0.15, -0.1) is 11.8 Å². The van der Waals surface area contributed by atoms with E-state index >= 15 is 0 Å². The summed E-state index contributed by atoms with van der Waals surface area (Å²) < 4.78 is 1.14. The average molecular weight is 482 g/mol. The molecule has 0 saturated carbocycles. The van der Waals surface area contributed by atoms with Gasteiger partial charge in [-0.25, -0.2) is 4.98 Å². The normalized spacial score (nSPS) is 11.1. The average Bonchev–Trinajstić information content (AvgIpc) is 3.26. The van der Waals surface area contributed by atoms with Crippen LogP contribution in [0.1, 0.15) is 29.5 Å². The Labute approximate surface area is 201 Å². The minimum atomic E-state index is 0.0906. The zero-order chi connectivity index (χ0) is 22.5. The Morgan fingerprint density at radius 1 is 1.03 bits per heavy atom. The van der Waals surface area contributed by atoms with Gasteiger partial charge in [0.2, 0.25) is 5.91 Å². The molecular formula is C25H24ClN3OS2. The molecule has 0 aliphatic rings. The zero-order valence-electron chi connectivity index (χ0n) is 18.0. The number of aryl methyl sites for hydroxylation is 2. The highest BCUT2D eigenvalue weighted by Crippen LogP contribution is 2.34. The van der Waals surface area contributed by atoms with Gasteiger partial charge in [0.05, 0.1) is 16.8 Å². The van der Waals surface area contributed by atoms with Crippen molar-refractivity contribution in [1.29, 1.82) is 0 Å². The fourth-order valence-corrected chi connectivity index (χ4v) is 5.48. The molecule has 4 aromatic rings. The number of aromatic nitrogens is 2. The third-order valence-electron chi connectivity index (χ3n) is 5.17. The summed E-state index contributed by atoms with van der Waals surface area (Å²) in [5.41, 5.74) is 4.33. The molecule has 0 unspecified atom stereocenters. The summed E-state index contributed by atoms with van der Waals surface area (Å²) in [5.74, 6) is 0.960. The summed E-state index contributed by atoms with van der Waals surface area (Å²) in [7, 11) is 0. The fraction of sp³-hybridized carbons (Fsp3) is 0.240. The van der Waals surface area contributed by atoms with Crippen LogP contribution in [0, 0.1) is 13.8 Å². The van der Waals surface area contributed by atoms with Gasteiger partial charge in [0, 0.05) is 28.7 Å². The number of halogens is 1. The van der Waals surface area contributed by atoms with Crippen molar-refractivity contribution in [1.82, 2.24) is 9.97 Å². The van der Waals surface area contributed by atoms with Crippen LogP contribution in [0.15, 0.2) is 65.8 Å². The largest absolute Gasteiger partial charge is 0.284 e. The number of nitrogens with zero attached hydrogens (tertiary/aromatic N) is 3. The van der Waals surface area contributed by atoms with Gasteiger partial charge in [-0.1, -0.05) is 35.1 Å². The first kappa shape index (κ1) is 22.8. The van der Waals surface area contributed by atoms with E-state index in [0.717, 1.165) is 48.6 Å². The Balaban J connectivity index is 1.50. The first-order valence-corrected chi connectivity index (χ1v) is 12.6. The number of hydrogen-bond acceptors (Lipinski definition) is 5. The number of anilines is 1. The maximum atomic E-state index is 13.3. The van der Waals surface area contributed by atoms with Gasteiger partial charge in [-0.3, -0.25) is 14.7 Å². The smallest absolute Gasteiger partial charge is 0.229 e. The summed E-state index contributed by atoms with van der Waals surface area (Å²) in [6.07, 6.45) is 4.78. The van der Waals surface area contributed by atoms with Crippen LogP contribution in [0.2, 0.25) is 5.02 Å². The van der Waals surface area contributed by atoms with Crippen molar-refractivity contribution in [3.8, 4) is 0 Å². The van der Waals surface area contributed by atoms with Crippen molar-refractivity contribution in [3.63, 3.8) is 0 Å². The van der Waals surface area contributed by atoms with E-state index in [9.17, 15) is 4.79 Å². The highest BCUT2D eigenvalue weighted by Gasteiger charge is 2.21. The van der Waals surface area contributed by atoms with E-state index in [4.69, 9.17) is 16.6 Å². The predicted octanol–water partition coefficient (Wildman–Crippen LogP) is 7.07. The molecule has 0 N–H and O–H groups in total. The highest BCUT2D eigenvalue weighted by atomic mass is 35.5. The molecule has 0 radical (unpaired) electrons. The van der Waals surface area contributed by atoms with E-state index in [-0.39, 0.29) is 5.91 Å². The van der Waals surface area contributed by atoms with Crippen molar-refractivity contribution in [3.05, 3.63) is 82.6 Å². The number of amides is 1. The van der Waals surface area contributed by atoms with E-state index in [1.54, 1.807) is 35.5 Å². The quantitative estimate of drug-likeness (QED) is 0.199. The number of thiazole rings is 1. The zero-order valence-corrected chi connectivity index (χ0v) is 20.4. The number of thioether (sulfide) groups is 1. The topological polar surface area (TPSA) is 46.1 Å². The summed E-state index contributed by atoms with van der Waals surface area (Å²) in [4.78, 5) is 25.2. The SMILES string of the molecule is Cc1ccc(C)c2sc(N(Cc3ccncc3)C(=O)CCCSc3ccc(Cl)cc3)nc12. The number of fused-ring (bicyclic) bond motifs is 1. The van der Waals surface area contributed by atoms with Gasteiger partial charge in [-0.05, 0) is 79.1 Å². The second-order valence-corrected chi connectivity index (χ2v) is 10.2. The van der Waals surface area contributed by atoms with E-state index in [1.165, 1.54) is 5.56 Å². The maximum absolute atomic E-state index is 13.3. The van der Waals surface area contributed by atoms with Crippen LogP contribution < -0.4 is 4.90 Å². The Hall–Kier alpha value is -2.41. The van der Waals surface area contributed by atoms with Crippen molar-refractivity contribution in [2.24, 2.45) is 0 Å². The molecule has 7 heteroatoms. The molecule has 2 aromatic carbocycles. The maximum Gasteiger partial charge on any atom is 0.229 e. The summed E-state index contributed by atoms with van der Waals surface area (Å²) in [5, 5.41) is 1.49. The molecule has 32 heavy (non-hydrogen) atoms. The number of benzene rings is 2. The molecule has 164 valence electrons. The molecule has 2 heterocycles. The molecule has 4 rings (SSSR count). The Morgan fingerprint density at radius 2 is 1.75 bits per heavy atom. The Kier molecular flexibility index (Phi) is 7.45. The van der Waals surface area contributed by atoms with Crippen LogP contribution in [0.25, 0.3) is 10.2 Å². The van der Waals surface area contributed by atoms with Crippen LogP contribution in [0.4, 0.5) is 5.13 Å². The first-order chi connectivity index (χ1) is 15.5. The lowest BCUT2D eigenvalue weighted by Crippen LogP contribution is -2.30. The van der Waals surface area contributed by atoms with Crippen molar-refractivity contribution >= 4 is 56.0 Å². The van der Waals surface area contributed by atoms with Crippen LogP contribution >= 0.6 is 34.7 Å². The second-order valence-electron chi connectivity index (χ2n) is 7.61. The second kappa shape index (κ2) is 10.5. The Morgan fingerprint density at radius 3 is 2.47 bits per heavy atom. The molecule has 0 saturated heterocycles. The van der Waals surface area contributed by atoms with Gasteiger partial charge in [-0.2, -0.15) is 0 Å². The van der Waals surface area contributed by atoms with Crippen LogP contribution in [-0.2, 0) is 11.3 Å². The van der Waals surface area contributed by atoms with Crippen LogP contribution in [0.3, 0.4) is 0 Å². The van der Waals surface area contributed by atoms with Gasteiger partial charge in [0.25, 0.3) is 0 Å². The summed E-state index contributed by atoms with van der Waals surface area (Å²) in [6.45, 7) is 4.64. The standard InChI is InChI=1S/C25H24ClN3OS2/c1-17-5-6-18(2)24-23(17)28-25(32-24)29(16-19-11-13-27-14-12-19)22(30)4-3-15-31-21-9-7-20(26)8-10-21/h5-14H,3-4,15-16H2,1-2H3.